The Balaban J connectivity index is 2.05. The minimum Gasteiger partial charge on any atom is -0.313 e. The predicted octanol–water partition coefficient (Wildman–Crippen LogP) is 2.76. The van der Waals surface area contributed by atoms with Crippen LogP contribution in [0.5, 0.6) is 0 Å². The van der Waals surface area contributed by atoms with Crippen LogP contribution in [0.2, 0.25) is 0 Å². The summed E-state index contributed by atoms with van der Waals surface area (Å²) in [7, 11) is 3.82. The fourth-order valence-electron chi connectivity index (χ4n) is 2.22. The largest absolute Gasteiger partial charge is 0.313 e. The number of aromatic nitrogens is 2. The van der Waals surface area contributed by atoms with Crippen molar-refractivity contribution in [3.8, 4) is 0 Å². The summed E-state index contributed by atoms with van der Waals surface area (Å²) in [6.45, 7) is 1.78. The maximum Gasteiger partial charge on any atom is 0.126 e. The van der Waals surface area contributed by atoms with Crippen LogP contribution in [0.15, 0.2) is 30.6 Å². The Morgan fingerprint density at radius 2 is 2.21 bits per heavy atom. The van der Waals surface area contributed by atoms with Crippen molar-refractivity contribution in [2.45, 2.75) is 25.8 Å². The van der Waals surface area contributed by atoms with E-state index in [1.54, 1.807) is 17.7 Å². The third kappa shape index (κ3) is 3.41. The van der Waals surface area contributed by atoms with Crippen LogP contribution in [-0.2, 0) is 13.5 Å². The van der Waals surface area contributed by atoms with Crippen molar-refractivity contribution in [3.63, 3.8) is 0 Å². The highest BCUT2D eigenvalue weighted by molar-refractivity contribution is 5.26. The lowest BCUT2D eigenvalue weighted by atomic mass is 9.99. The fourth-order valence-corrected chi connectivity index (χ4v) is 2.22. The smallest absolute Gasteiger partial charge is 0.126 e. The molecule has 0 saturated heterocycles. The monoisotopic (exact) mass is 261 g/mol. The zero-order valence-electron chi connectivity index (χ0n) is 11.7. The molecule has 0 radical (unpaired) electrons. The maximum absolute atomic E-state index is 13.6. The number of hydrogen-bond acceptors (Lipinski definition) is 2. The molecule has 1 atom stereocenters. The van der Waals surface area contributed by atoms with Gasteiger partial charge in [-0.05, 0) is 49.6 Å². The number of benzene rings is 1. The molecule has 0 spiro atoms. The average molecular weight is 261 g/mol. The number of nitrogens with one attached hydrogen (secondary N) is 1. The maximum atomic E-state index is 13.6. The second kappa shape index (κ2) is 5.97. The van der Waals surface area contributed by atoms with E-state index in [0.29, 0.717) is 5.56 Å². The molecule has 19 heavy (non-hydrogen) atoms. The van der Waals surface area contributed by atoms with Crippen LogP contribution in [-0.4, -0.2) is 16.8 Å². The van der Waals surface area contributed by atoms with Gasteiger partial charge in [-0.25, -0.2) is 4.39 Å². The highest BCUT2D eigenvalue weighted by Crippen LogP contribution is 2.21. The molecule has 4 heteroatoms. The number of rotatable bonds is 5. The van der Waals surface area contributed by atoms with Crippen molar-refractivity contribution in [1.82, 2.24) is 15.1 Å². The lowest BCUT2D eigenvalue weighted by molar-refractivity contribution is 0.541. The standard InChI is InChI=1S/C15H20FN3/c1-11-4-6-13(8-14(11)16)15(17-2)7-5-12-9-18-19(3)10-12/h4,6,8-10,15,17H,5,7H2,1-3H3. The van der Waals surface area contributed by atoms with E-state index in [-0.39, 0.29) is 11.9 Å². The molecule has 0 aliphatic rings. The first-order valence-electron chi connectivity index (χ1n) is 6.51. The van der Waals surface area contributed by atoms with E-state index in [1.165, 1.54) is 5.56 Å². The summed E-state index contributed by atoms with van der Waals surface area (Å²) >= 11 is 0. The number of hydrogen-bond donors (Lipinski definition) is 1. The van der Waals surface area contributed by atoms with Gasteiger partial charge in [0.25, 0.3) is 0 Å². The van der Waals surface area contributed by atoms with Gasteiger partial charge in [0.05, 0.1) is 6.20 Å². The van der Waals surface area contributed by atoms with Crippen LogP contribution in [0.1, 0.15) is 29.2 Å². The van der Waals surface area contributed by atoms with Crippen molar-refractivity contribution < 1.29 is 4.39 Å². The first-order chi connectivity index (χ1) is 9.10. The van der Waals surface area contributed by atoms with E-state index in [4.69, 9.17) is 0 Å². The molecule has 2 rings (SSSR count). The van der Waals surface area contributed by atoms with Crippen LogP contribution in [0.3, 0.4) is 0 Å². The third-order valence-electron chi connectivity index (χ3n) is 3.43. The van der Waals surface area contributed by atoms with Crippen LogP contribution < -0.4 is 5.32 Å². The molecule has 0 amide bonds. The van der Waals surface area contributed by atoms with Crippen molar-refractivity contribution in [3.05, 3.63) is 53.1 Å². The van der Waals surface area contributed by atoms with E-state index in [0.717, 1.165) is 18.4 Å². The summed E-state index contributed by atoms with van der Waals surface area (Å²) in [5, 5.41) is 7.40. The van der Waals surface area contributed by atoms with Gasteiger partial charge in [0.2, 0.25) is 0 Å². The lowest BCUT2D eigenvalue weighted by Crippen LogP contribution is -2.17. The van der Waals surface area contributed by atoms with Crippen molar-refractivity contribution in [2.75, 3.05) is 7.05 Å². The normalized spacial score (nSPS) is 12.6. The summed E-state index contributed by atoms with van der Waals surface area (Å²) in [6.07, 6.45) is 5.74. The number of halogens is 1. The zero-order valence-corrected chi connectivity index (χ0v) is 11.7. The molecule has 0 aliphatic heterocycles. The summed E-state index contributed by atoms with van der Waals surface area (Å²) in [5.41, 5.74) is 2.88. The van der Waals surface area contributed by atoms with Gasteiger partial charge < -0.3 is 5.32 Å². The van der Waals surface area contributed by atoms with E-state index in [9.17, 15) is 4.39 Å². The molecular weight excluding hydrogens is 241 g/mol. The van der Waals surface area contributed by atoms with E-state index >= 15 is 0 Å². The number of nitrogens with zero attached hydrogens (tertiary/aromatic N) is 2. The molecule has 3 nitrogen and oxygen atoms in total. The second-order valence-corrected chi connectivity index (χ2v) is 4.91. The summed E-state index contributed by atoms with van der Waals surface area (Å²) in [5.74, 6) is -0.140. The van der Waals surface area contributed by atoms with E-state index in [1.807, 2.05) is 38.6 Å². The SMILES string of the molecule is CNC(CCc1cnn(C)c1)c1ccc(C)c(F)c1. The van der Waals surface area contributed by atoms with Crippen molar-refractivity contribution in [1.29, 1.82) is 0 Å². The highest BCUT2D eigenvalue weighted by Gasteiger charge is 2.11. The molecule has 0 saturated carbocycles. The first-order valence-corrected chi connectivity index (χ1v) is 6.51. The summed E-state index contributed by atoms with van der Waals surface area (Å²) < 4.78 is 15.4. The van der Waals surface area contributed by atoms with Gasteiger partial charge in [-0.15, -0.1) is 0 Å². The first kappa shape index (κ1) is 13.7. The molecule has 0 bridgehead atoms. The van der Waals surface area contributed by atoms with Gasteiger partial charge in [0, 0.05) is 19.3 Å². The average Bonchev–Trinajstić information content (AvgIpc) is 2.80. The Kier molecular flexibility index (Phi) is 4.32. The minimum absolute atomic E-state index is 0.140. The van der Waals surface area contributed by atoms with Gasteiger partial charge >= 0.3 is 0 Å². The molecule has 1 aromatic heterocycles. The Morgan fingerprint density at radius 3 is 2.79 bits per heavy atom. The zero-order chi connectivity index (χ0) is 13.8. The van der Waals surface area contributed by atoms with Gasteiger partial charge in [-0.1, -0.05) is 12.1 Å². The Bertz CT molecular complexity index is 548. The molecule has 102 valence electrons. The minimum atomic E-state index is -0.140. The Morgan fingerprint density at radius 1 is 1.42 bits per heavy atom. The van der Waals surface area contributed by atoms with Gasteiger partial charge in [0.15, 0.2) is 0 Å². The second-order valence-electron chi connectivity index (χ2n) is 4.91. The Hall–Kier alpha value is -1.68. The van der Waals surface area contributed by atoms with Gasteiger partial charge in [-0.3, -0.25) is 4.68 Å². The summed E-state index contributed by atoms with van der Waals surface area (Å²) in [4.78, 5) is 0. The molecule has 0 aliphatic carbocycles. The van der Waals surface area contributed by atoms with Gasteiger partial charge in [-0.2, -0.15) is 5.10 Å². The third-order valence-corrected chi connectivity index (χ3v) is 3.43. The van der Waals surface area contributed by atoms with E-state index in [2.05, 4.69) is 10.4 Å². The van der Waals surface area contributed by atoms with Gasteiger partial charge in [0.1, 0.15) is 5.82 Å². The lowest BCUT2D eigenvalue weighted by Gasteiger charge is -2.16. The van der Waals surface area contributed by atoms with E-state index < -0.39 is 0 Å². The quantitative estimate of drug-likeness (QED) is 0.897. The molecule has 1 unspecified atom stereocenters. The molecule has 1 heterocycles. The van der Waals surface area contributed by atoms with Crippen LogP contribution >= 0.6 is 0 Å². The van der Waals surface area contributed by atoms with Crippen LogP contribution in [0.4, 0.5) is 4.39 Å². The molecule has 0 fully saturated rings. The predicted molar refractivity (Wildman–Crippen MR) is 74.5 cm³/mol. The fraction of sp³-hybridized carbons (Fsp3) is 0.400. The van der Waals surface area contributed by atoms with Crippen molar-refractivity contribution in [2.24, 2.45) is 7.05 Å². The topological polar surface area (TPSA) is 29.9 Å². The highest BCUT2D eigenvalue weighted by atomic mass is 19.1. The summed E-state index contributed by atoms with van der Waals surface area (Å²) in [6, 6.07) is 5.61. The molecule has 1 aromatic carbocycles. The Labute approximate surface area is 113 Å². The van der Waals surface area contributed by atoms with Crippen LogP contribution in [0, 0.1) is 12.7 Å². The molecular formula is C15H20FN3. The molecule has 1 N–H and O–H groups in total. The number of aryl methyl sites for hydroxylation is 3. The van der Waals surface area contributed by atoms with Crippen molar-refractivity contribution >= 4 is 0 Å². The van der Waals surface area contributed by atoms with Crippen LogP contribution in [0.25, 0.3) is 0 Å². The molecule has 2 aromatic rings.